The van der Waals surface area contributed by atoms with Gasteiger partial charge in [0, 0.05) is 23.0 Å². The van der Waals surface area contributed by atoms with E-state index in [1.54, 1.807) is 0 Å². The first-order chi connectivity index (χ1) is 12.3. The Labute approximate surface area is 154 Å². The number of nitrogens with one attached hydrogen (secondary N) is 1. The molecule has 1 aliphatic carbocycles. The van der Waals surface area contributed by atoms with Crippen molar-refractivity contribution >= 4 is 17.7 Å². The molecular formula is C20H29N3O3. The minimum atomic E-state index is -0.841. The van der Waals surface area contributed by atoms with Crippen molar-refractivity contribution in [1.82, 2.24) is 14.8 Å². The smallest absolute Gasteiger partial charge is 0.325 e. The van der Waals surface area contributed by atoms with E-state index in [1.807, 2.05) is 33.8 Å². The van der Waals surface area contributed by atoms with E-state index >= 15 is 0 Å². The lowest BCUT2D eigenvalue weighted by atomic mass is 9.88. The summed E-state index contributed by atoms with van der Waals surface area (Å²) in [6.07, 6.45) is 5.10. The van der Waals surface area contributed by atoms with Gasteiger partial charge in [-0.1, -0.05) is 26.7 Å². The largest absolute Gasteiger partial charge is 0.345 e. The predicted molar refractivity (Wildman–Crippen MR) is 99.3 cm³/mol. The van der Waals surface area contributed by atoms with Crippen LogP contribution in [0.25, 0.3) is 0 Å². The monoisotopic (exact) mass is 359 g/mol. The van der Waals surface area contributed by atoms with Gasteiger partial charge in [-0.25, -0.2) is 4.79 Å². The Hall–Kier alpha value is -2.11. The molecule has 6 heteroatoms. The molecule has 2 heterocycles. The fourth-order valence-electron chi connectivity index (χ4n) is 4.32. The van der Waals surface area contributed by atoms with E-state index in [9.17, 15) is 14.4 Å². The van der Waals surface area contributed by atoms with E-state index in [1.165, 1.54) is 0 Å². The van der Waals surface area contributed by atoms with E-state index in [-0.39, 0.29) is 18.2 Å². The molecule has 1 N–H and O–H groups in total. The van der Waals surface area contributed by atoms with Gasteiger partial charge in [0.25, 0.3) is 5.91 Å². The SMILES string of the molecule is CCCC1(CCC)NC(=O)N(CC(=O)c2cc(C)n(C3CC3)c2C)C1=O. The van der Waals surface area contributed by atoms with Crippen LogP contribution in [0, 0.1) is 13.8 Å². The molecule has 6 nitrogen and oxygen atoms in total. The van der Waals surface area contributed by atoms with Crippen molar-refractivity contribution in [1.29, 1.82) is 0 Å². The van der Waals surface area contributed by atoms with Gasteiger partial charge in [-0.15, -0.1) is 0 Å². The summed E-state index contributed by atoms with van der Waals surface area (Å²) in [6.45, 7) is 7.76. The summed E-state index contributed by atoms with van der Waals surface area (Å²) in [5.41, 5.74) is 1.79. The Morgan fingerprint density at radius 2 is 1.81 bits per heavy atom. The third-order valence-corrected chi connectivity index (χ3v) is 5.60. The van der Waals surface area contributed by atoms with Gasteiger partial charge >= 0.3 is 6.03 Å². The fraction of sp³-hybridized carbons (Fsp3) is 0.650. The molecule has 0 aromatic carbocycles. The van der Waals surface area contributed by atoms with Gasteiger partial charge < -0.3 is 9.88 Å². The molecule has 3 rings (SSSR count). The minimum absolute atomic E-state index is 0.169. The maximum atomic E-state index is 12.9. The zero-order valence-corrected chi connectivity index (χ0v) is 16.2. The lowest BCUT2D eigenvalue weighted by molar-refractivity contribution is -0.131. The number of imide groups is 1. The van der Waals surface area contributed by atoms with Gasteiger partial charge in [0.05, 0.1) is 6.54 Å². The van der Waals surface area contributed by atoms with E-state index in [2.05, 4.69) is 9.88 Å². The maximum Gasteiger partial charge on any atom is 0.325 e. The number of ketones is 1. The summed E-state index contributed by atoms with van der Waals surface area (Å²) in [5.74, 6) is -0.423. The number of rotatable bonds is 8. The van der Waals surface area contributed by atoms with E-state index in [0.717, 1.165) is 42.0 Å². The number of hydrogen-bond donors (Lipinski definition) is 1. The van der Waals surface area contributed by atoms with Crippen molar-refractivity contribution in [2.75, 3.05) is 6.54 Å². The van der Waals surface area contributed by atoms with E-state index in [4.69, 9.17) is 0 Å². The summed E-state index contributed by atoms with van der Waals surface area (Å²) >= 11 is 0. The second-order valence-corrected chi connectivity index (χ2v) is 7.71. The van der Waals surface area contributed by atoms with Crippen LogP contribution in [0.1, 0.15) is 80.2 Å². The van der Waals surface area contributed by atoms with Gasteiger partial charge in [-0.3, -0.25) is 14.5 Å². The fourth-order valence-corrected chi connectivity index (χ4v) is 4.32. The summed E-state index contributed by atoms with van der Waals surface area (Å²) in [4.78, 5) is 39.3. The van der Waals surface area contributed by atoms with Crippen molar-refractivity contribution in [3.8, 4) is 0 Å². The molecule has 0 spiro atoms. The molecule has 26 heavy (non-hydrogen) atoms. The zero-order chi connectivity index (χ0) is 19.1. The van der Waals surface area contributed by atoms with Crippen LogP contribution in [0.2, 0.25) is 0 Å². The summed E-state index contributed by atoms with van der Waals surface area (Å²) in [7, 11) is 0. The third kappa shape index (κ3) is 3.06. The number of Topliss-reactive ketones (excluding diaryl/α,β-unsaturated/α-hetero) is 1. The standard InChI is InChI=1S/C20H29N3O3/c1-5-9-20(10-6-2)18(25)22(19(26)21-20)12-17(24)16-11-13(3)23(14(16)4)15-7-8-15/h11,15H,5-10,12H2,1-4H3,(H,21,26). The summed E-state index contributed by atoms with van der Waals surface area (Å²) in [5, 5.41) is 2.87. The molecule has 2 fully saturated rings. The average molecular weight is 359 g/mol. The molecule has 0 radical (unpaired) electrons. The first-order valence-corrected chi connectivity index (χ1v) is 9.70. The number of aromatic nitrogens is 1. The van der Waals surface area contributed by atoms with Crippen LogP contribution >= 0.6 is 0 Å². The highest BCUT2D eigenvalue weighted by molar-refractivity contribution is 6.11. The first-order valence-electron chi connectivity index (χ1n) is 9.70. The number of carbonyl (C=O) groups is 3. The molecule has 1 saturated carbocycles. The number of hydrogen-bond acceptors (Lipinski definition) is 3. The highest BCUT2D eigenvalue weighted by Crippen LogP contribution is 2.38. The molecule has 0 unspecified atom stereocenters. The van der Waals surface area contributed by atoms with E-state index in [0.29, 0.717) is 24.4 Å². The Balaban J connectivity index is 1.80. The second kappa shape index (κ2) is 6.89. The van der Waals surface area contributed by atoms with Gasteiger partial charge in [0.1, 0.15) is 5.54 Å². The molecule has 0 bridgehead atoms. The van der Waals surface area contributed by atoms with Crippen LogP contribution in [0.15, 0.2) is 6.07 Å². The maximum absolute atomic E-state index is 12.9. The topological polar surface area (TPSA) is 71.4 Å². The molecular weight excluding hydrogens is 330 g/mol. The lowest BCUT2D eigenvalue weighted by Gasteiger charge is -2.25. The van der Waals surface area contributed by atoms with Gasteiger partial charge in [0.15, 0.2) is 5.78 Å². The van der Waals surface area contributed by atoms with Gasteiger partial charge in [-0.05, 0) is 45.6 Å². The zero-order valence-electron chi connectivity index (χ0n) is 16.2. The van der Waals surface area contributed by atoms with Crippen LogP contribution < -0.4 is 5.32 Å². The Bertz CT molecular complexity index is 740. The second-order valence-electron chi connectivity index (χ2n) is 7.71. The van der Waals surface area contributed by atoms with Crippen molar-refractivity contribution in [2.24, 2.45) is 0 Å². The van der Waals surface area contributed by atoms with Crippen LogP contribution in [0.5, 0.6) is 0 Å². The lowest BCUT2D eigenvalue weighted by Crippen LogP contribution is -2.47. The highest BCUT2D eigenvalue weighted by atomic mass is 16.2. The quantitative estimate of drug-likeness (QED) is 0.570. The first kappa shape index (κ1) is 18.7. The van der Waals surface area contributed by atoms with Crippen LogP contribution in [-0.2, 0) is 4.79 Å². The van der Waals surface area contributed by atoms with Gasteiger partial charge in [0.2, 0.25) is 0 Å². The molecule has 1 aromatic rings. The predicted octanol–water partition coefficient (Wildman–Crippen LogP) is 3.51. The molecule has 142 valence electrons. The molecule has 1 aliphatic heterocycles. The van der Waals surface area contributed by atoms with Crippen LogP contribution in [0.4, 0.5) is 4.79 Å². The Morgan fingerprint density at radius 1 is 1.19 bits per heavy atom. The molecule has 1 aromatic heterocycles. The normalized spacial score (nSPS) is 19.2. The average Bonchev–Trinajstić information content (AvgIpc) is 3.33. The van der Waals surface area contributed by atoms with Crippen molar-refractivity contribution < 1.29 is 14.4 Å². The molecule has 2 aliphatic rings. The summed E-state index contributed by atoms with van der Waals surface area (Å²) < 4.78 is 2.21. The number of nitrogens with zero attached hydrogens (tertiary/aromatic N) is 2. The number of amides is 3. The number of urea groups is 1. The molecule has 1 saturated heterocycles. The van der Waals surface area contributed by atoms with Crippen LogP contribution in [-0.4, -0.2) is 39.3 Å². The number of carbonyl (C=O) groups excluding carboxylic acids is 3. The van der Waals surface area contributed by atoms with Crippen molar-refractivity contribution in [2.45, 2.75) is 77.8 Å². The van der Waals surface area contributed by atoms with E-state index < -0.39 is 11.6 Å². The molecule has 3 amide bonds. The summed E-state index contributed by atoms with van der Waals surface area (Å²) in [6, 6.07) is 1.94. The number of aryl methyl sites for hydroxylation is 1. The van der Waals surface area contributed by atoms with Crippen molar-refractivity contribution in [3.63, 3.8) is 0 Å². The van der Waals surface area contributed by atoms with Gasteiger partial charge in [-0.2, -0.15) is 0 Å². The Morgan fingerprint density at radius 3 is 2.35 bits per heavy atom. The van der Waals surface area contributed by atoms with Crippen molar-refractivity contribution in [3.05, 3.63) is 23.0 Å². The Kier molecular flexibility index (Phi) is 4.95. The minimum Gasteiger partial charge on any atom is -0.345 e. The van der Waals surface area contributed by atoms with Crippen LogP contribution in [0.3, 0.4) is 0 Å². The highest BCUT2D eigenvalue weighted by Gasteiger charge is 2.50. The molecule has 0 atom stereocenters. The third-order valence-electron chi connectivity index (χ3n) is 5.60.